The van der Waals surface area contributed by atoms with Crippen molar-refractivity contribution in [3.05, 3.63) is 24.3 Å². The predicted molar refractivity (Wildman–Crippen MR) is 117 cm³/mol. The van der Waals surface area contributed by atoms with Gasteiger partial charge in [-0.2, -0.15) is 0 Å². The van der Waals surface area contributed by atoms with Gasteiger partial charge >= 0.3 is 5.97 Å². The zero-order valence-corrected chi connectivity index (χ0v) is 18.1. The zero-order valence-electron chi connectivity index (χ0n) is 17.2. The second-order valence-electron chi connectivity index (χ2n) is 7.02. The van der Waals surface area contributed by atoms with Crippen LogP contribution in [0.4, 0.5) is 11.4 Å². The van der Waals surface area contributed by atoms with Crippen LogP contribution in [0.2, 0.25) is 0 Å². The number of amides is 2. The average Bonchev–Trinajstić information content (AvgIpc) is 3.26. The van der Waals surface area contributed by atoms with Gasteiger partial charge in [0.25, 0.3) is 0 Å². The Bertz CT molecular complexity index is 692. The Morgan fingerprint density at radius 2 is 2.00 bits per heavy atom. The van der Waals surface area contributed by atoms with Crippen LogP contribution in [0.25, 0.3) is 0 Å². The molecular formula is C21H31N3O4S. The highest BCUT2D eigenvalue weighted by Crippen LogP contribution is 2.23. The van der Waals surface area contributed by atoms with Crippen molar-refractivity contribution in [3.8, 4) is 0 Å². The summed E-state index contributed by atoms with van der Waals surface area (Å²) in [6, 6.07) is 7.27. The molecule has 0 bridgehead atoms. The Balaban J connectivity index is 1.85. The molecule has 8 heteroatoms. The summed E-state index contributed by atoms with van der Waals surface area (Å²) >= 11 is 1.34. The van der Waals surface area contributed by atoms with E-state index in [1.54, 1.807) is 0 Å². The van der Waals surface area contributed by atoms with E-state index in [-0.39, 0.29) is 30.0 Å². The van der Waals surface area contributed by atoms with Crippen molar-refractivity contribution in [2.75, 3.05) is 41.9 Å². The summed E-state index contributed by atoms with van der Waals surface area (Å²) in [5.74, 6) is 0.00697. The number of carbonyl (C=O) groups excluding carboxylic acids is 3. The fourth-order valence-electron chi connectivity index (χ4n) is 3.19. The summed E-state index contributed by atoms with van der Waals surface area (Å²) < 4.78 is 4.57. The van der Waals surface area contributed by atoms with E-state index in [4.69, 9.17) is 0 Å². The lowest BCUT2D eigenvalue weighted by molar-refractivity contribution is -0.137. The second-order valence-corrected chi connectivity index (χ2v) is 8.13. The van der Waals surface area contributed by atoms with Gasteiger partial charge in [0.15, 0.2) is 0 Å². The van der Waals surface area contributed by atoms with Gasteiger partial charge in [-0.05, 0) is 37.5 Å². The van der Waals surface area contributed by atoms with Crippen LogP contribution >= 0.6 is 11.8 Å². The van der Waals surface area contributed by atoms with Crippen LogP contribution in [0.1, 0.15) is 39.0 Å². The first-order chi connectivity index (χ1) is 14.0. The van der Waals surface area contributed by atoms with Crippen LogP contribution in [0.3, 0.4) is 0 Å². The predicted octanol–water partition coefficient (Wildman–Crippen LogP) is 2.81. The Morgan fingerprint density at radius 3 is 2.69 bits per heavy atom. The van der Waals surface area contributed by atoms with Crippen molar-refractivity contribution < 1.29 is 19.1 Å². The highest BCUT2D eigenvalue weighted by Gasteiger charge is 2.20. The van der Waals surface area contributed by atoms with Gasteiger partial charge in [0, 0.05) is 36.6 Å². The van der Waals surface area contributed by atoms with Crippen molar-refractivity contribution >= 4 is 40.9 Å². The van der Waals surface area contributed by atoms with Gasteiger partial charge in [-0.25, -0.2) is 0 Å². The third kappa shape index (κ3) is 7.97. The number of ether oxygens (including phenoxy) is 1. The fourth-order valence-corrected chi connectivity index (χ4v) is 3.95. The summed E-state index contributed by atoms with van der Waals surface area (Å²) in [6.45, 7) is 4.06. The van der Waals surface area contributed by atoms with Crippen LogP contribution in [0.5, 0.6) is 0 Å². The molecule has 1 saturated heterocycles. The molecule has 2 N–H and O–H groups in total. The molecule has 29 heavy (non-hydrogen) atoms. The molecule has 0 aromatic heterocycles. The van der Waals surface area contributed by atoms with Gasteiger partial charge in [-0.15, -0.1) is 11.8 Å². The lowest BCUT2D eigenvalue weighted by Gasteiger charge is -2.20. The van der Waals surface area contributed by atoms with E-state index in [1.807, 2.05) is 25.1 Å². The molecule has 0 aliphatic carbocycles. The van der Waals surface area contributed by atoms with Crippen LogP contribution in [0.15, 0.2) is 24.3 Å². The first kappa shape index (κ1) is 23.1. The fraction of sp³-hybridized carbons (Fsp3) is 0.571. The lowest BCUT2D eigenvalue weighted by Crippen LogP contribution is -2.43. The number of esters is 1. The maximum atomic E-state index is 12.7. The first-order valence-electron chi connectivity index (χ1n) is 10.1. The minimum atomic E-state index is -0.575. The summed E-state index contributed by atoms with van der Waals surface area (Å²) in [5, 5.41) is 5.76. The quantitative estimate of drug-likeness (QED) is 0.422. The van der Waals surface area contributed by atoms with Crippen molar-refractivity contribution in [3.63, 3.8) is 0 Å². The Hall–Kier alpha value is -2.22. The van der Waals surface area contributed by atoms with Gasteiger partial charge in [-0.1, -0.05) is 19.4 Å². The molecule has 1 unspecified atom stereocenters. The number of thioether (sulfide) groups is 1. The molecule has 1 atom stereocenters. The highest BCUT2D eigenvalue weighted by atomic mass is 32.2. The SMILES string of the molecule is CCCC(NC(=O)CCSCC(=O)OC)C(=O)Nc1cccc(N2CCCC2)c1. The van der Waals surface area contributed by atoms with Crippen LogP contribution in [-0.4, -0.2) is 55.5 Å². The lowest BCUT2D eigenvalue weighted by atomic mass is 10.1. The summed E-state index contributed by atoms with van der Waals surface area (Å²) in [5.41, 5.74) is 1.85. The number of carbonyl (C=O) groups is 3. The van der Waals surface area contributed by atoms with E-state index < -0.39 is 6.04 Å². The summed E-state index contributed by atoms with van der Waals surface area (Å²) in [4.78, 5) is 38.3. The normalized spacial score (nSPS) is 14.3. The van der Waals surface area contributed by atoms with E-state index in [9.17, 15) is 14.4 Å². The number of anilines is 2. The molecule has 2 amide bonds. The molecule has 0 saturated carbocycles. The summed E-state index contributed by atoms with van der Waals surface area (Å²) in [6.07, 6.45) is 3.99. The largest absolute Gasteiger partial charge is 0.468 e. The summed E-state index contributed by atoms with van der Waals surface area (Å²) in [7, 11) is 1.34. The van der Waals surface area contributed by atoms with Crippen LogP contribution < -0.4 is 15.5 Å². The molecule has 1 aliphatic heterocycles. The Kier molecular flexibility index (Phi) is 9.83. The molecule has 1 aromatic rings. The molecule has 1 heterocycles. The molecule has 1 aliphatic rings. The van der Waals surface area contributed by atoms with Gasteiger partial charge in [-0.3, -0.25) is 14.4 Å². The van der Waals surface area contributed by atoms with E-state index >= 15 is 0 Å². The van der Waals surface area contributed by atoms with Crippen LogP contribution in [0, 0.1) is 0 Å². The van der Waals surface area contributed by atoms with E-state index in [1.165, 1.54) is 31.7 Å². The minimum Gasteiger partial charge on any atom is -0.468 e. The third-order valence-electron chi connectivity index (χ3n) is 4.74. The maximum absolute atomic E-state index is 12.7. The van der Waals surface area contributed by atoms with Crippen molar-refractivity contribution in [2.45, 2.75) is 45.1 Å². The average molecular weight is 422 g/mol. The number of nitrogens with one attached hydrogen (secondary N) is 2. The number of methoxy groups -OCH3 is 1. The molecule has 0 radical (unpaired) electrons. The van der Waals surface area contributed by atoms with Gasteiger partial charge in [0.05, 0.1) is 12.9 Å². The van der Waals surface area contributed by atoms with Gasteiger partial charge < -0.3 is 20.3 Å². The highest BCUT2D eigenvalue weighted by molar-refractivity contribution is 7.99. The molecule has 1 aromatic carbocycles. The zero-order chi connectivity index (χ0) is 21.1. The van der Waals surface area contributed by atoms with Crippen molar-refractivity contribution in [1.29, 1.82) is 0 Å². The Morgan fingerprint density at radius 1 is 1.24 bits per heavy atom. The van der Waals surface area contributed by atoms with Crippen molar-refractivity contribution in [1.82, 2.24) is 5.32 Å². The second kappa shape index (κ2) is 12.4. The van der Waals surface area contributed by atoms with Crippen LogP contribution in [-0.2, 0) is 19.1 Å². The molecule has 2 rings (SSSR count). The topological polar surface area (TPSA) is 87.7 Å². The minimum absolute atomic E-state index is 0.193. The molecular weight excluding hydrogens is 390 g/mol. The third-order valence-corrected chi connectivity index (χ3v) is 5.67. The smallest absolute Gasteiger partial charge is 0.315 e. The number of hydrogen-bond donors (Lipinski definition) is 2. The molecule has 7 nitrogen and oxygen atoms in total. The Labute approximate surface area is 176 Å². The first-order valence-corrected chi connectivity index (χ1v) is 11.3. The van der Waals surface area contributed by atoms with Gasteiger partial charge in [0.1, 0.15) is 6.04 Å². The molecule has 0 spiro atoms. The number of rotatable bonds is 11. The van der Waals surface area contributed by atoms with Gasteiger partial charge in [0.2, 0.25) is 11.8 Å². The standard InChI is InChI=1S/C21H31N3O4S/c1-3-7-18(23-19(25)10-13-29-15-20(26)28-2)21(27)22-16-8-6-9-17(14-16)24-11-4-5-12-24/h6,8-9,14,18H,3-5,7,10-13,15H2,1-2H3,(H,22,27)(H,23,25). The number of hydrogen-bond acceptors (Lipinski definition) is 6. The van der Waals surface area contributed by atoms with E-state index in [0.717, 1.165) is 30.9 Å². The number of benzene rings is 1. The molecule has 1 fully saturated rings. The van der Waals surface area contributed by atoms with E-state index in [0.29, 0.717) is 12.2 Å². The number of nitrogens with zero attached hydrogens (tertiary/aromatic N) is 1. The van der Waals surface area contributed by atoms with E-state index in [2.05, 4.69) is 26.3 Å². The molecule has 160 valence electrons. The monoisotopic (exact) mass is 421 g/mol. The maximum Gasteiger partial charge on any atom is 0.315 e. The van der Waals surface area contributed by atoms with Crippen molar-refractivity contribution in [2.24, 2.45) is 0 Å².